The van der Waals surface area contributed by atoms with Crippen molar-refractivity contribution < 1.29 is 40.3 Å². The van der Waals surface area contributed by atoms with Crippen LogP contribution in [-0.2, 0) is 59.1 Å². The lowest BCUT2D eigenvalue weighted by atomic mass is 10.2. The Labute approximate surface area is 230 Å². The highest BCUT2D eigenvalue weighted by atomic mass is 32.2. The molecule has 0 aliphatic heterocycles. The molecule has 0 fully saturated rings. The van der Waals surface area contributed by atoms with E-state index in [0.29, 0.717) is 11.1 Å². The monoisotopic (exact) mass is 602 g/mol. The van der Waals surface area contributed by atoms with Crippen LogP contribution in [0.4, 0.5) is 0 Å². The number of methoxy groups -OCH3 is 2. The Morgan fingerprint density at radius 2 is 1.16 bits per heavy atom. The molecule has 2 aromatic rings. The molecule has 0 radical (unpaired) electrons. The molecule has 38 heavy (non-hydrogen) atoms. The summed E-state index contributed by atoms with van der Waals surface area (Å²) >= 11 is 1.73. The van der Waals surface area contributed by atoms with Gasteiger partial charge in [-0.2, -0.15) is 8.42 Å². The Hall–Kier alpha value is -3.01. The SMILES string of the molecule is C=S(=O)(Cc1ccccc1)O/N=C(\SCCS/C(=N\OS(=O)(=O)Cc1ccccc1)C(=O)OC)C(=O)OC. The molecule has 0 aliphatic carbocycles. The summed E-state index contributed by atoms with van der Waals surface area (Å²) in [6.07, 6.45) is 0. The van der Waals surface area contributed by atoms with E-state index in [-0.39, 0.29) is 27.3 Å². The van der Waals surface area contributed by atoms with Gasteiger partial charge in [0.1, 0.15) is 15.6 Å². The minimum atomic E-state index is -4.12. The molecule has 1 atom stereocenters. The number of hydrogen-bond donors (Lipinski definition) is 0. The minimum Gasteiger partial charge on any atom is -0.464 e. The molecule has 15 heteroatoms. The van der Waals surface area contributed by atoms with Crippen LogP contribution in [0.2, 0.25) is 0 Å². The molecule has 0 N–H and O–H groups in total. The lowest BCUT2D eigenvalue weighted by Crippen LogP contribution is -2.17. The Morgan fingerprint density at radius 1 is 0.737 bits per heavy atom. The normalized spacial score (nSPS) is 13.7. The van der Waals surface area contributed by atoms with Crippen LogP contribution >= 0.6 is 23.5 Å². The van der Waals surface area contributed by atoms with Gasteiger partial charge < -0.3 is 13.8 Å². The van der Waals surface area contributed by atoms with Gasteiger partial charge in [0.25, 0.3) is 0 Å². The molecule has 2 aromatic carbocycles. The molecule has 2 rings (SSSR count). The largest absolute Gasteiger partial charge is 0.464 e. The number of oxime groups is 2. The van der Waals surface area contributed by atoms with Gasteiger partial charge in [-0.05, 0) is 17.0 Å². The number of thioether (sulfide) groups is 2. The highest BCUT2D eigenvalue weighted by molar-refractivity contribution is 8.18. The van der Waals surface area contributed by atoms with Gasteiger partial charge in [-0.25, -0.2) is 13.8 Å². The number of carbonyl (C=O) groups excluding carboxylic acids is 2. The Balaban J connectivity index is 1.98. The van der Waals surface area contributed by atoms with E-state index < -0.39 is 37.6 Å². The third-order valence-electron chi connectivity index (χ3n) is 4.19. The molecule has 0 bridgehead atoms. The first-order valence-corrected chi connectivity index (χ1v) is 16.0. The van der Waals surface area contributed by atoms with Crippen LogP contribution in [0.25, 0.3) is 0 Å². The van der Waals surface area contributed by atoms with E-state index in [1.165, 1.54) is 0 Å². The molecule has 0 aliphatic rings. The van der Waals surface area contributed by atoms with E-state index in [1.54, 1.807) is 54.6 Å². The van der Waals surface area contributed by atoms with Gasteiger partial charge in [0.2, 0.25) is 10.1 Å². The van der Waals surface area contributed by atoms with Crippen molar-refractivity contribution in [1.29, 1.82) is 0 Å². The number of ether oxygens (including phenoxy) is 2. The van der Waals surface area contributed by atoms with Gasteiger partial charge in [0.15, 0.2) is 0 Å². The first-order valence-electron chi connectivity index (χ1n) is 10.7. The highest BCUT2D eigenvalue weighted by Crippen LogP contribution is 2.16. The number of benzene rings is 2. The summed E-state index contributed by atoms with van der Waals surface area (Å²) in [6.45, 7) is 0. The molecular weight excluding hydrogens is 577 g/mol. The molecule has 11 nitrogen and oxygen atoms in total. The molecule has 0 saturated heterocycles. The van der Waals surface area contributed by atoms with E-state index in [4.69, 9.17) is 4.28 Å². The van der Waals surface area contributed by atoms with Crippen LogP contribution in [-0.4, -0.2) is 66.2 Å². The van der Waals surface area contributed by atoms with Crippen LogP contribution in [0.5, 0.6) is 0 Å². The zero-order chi connectivity index (χ0) is 28.0. The Morgan fingerprint density at radius 3 is 1.61 bits per heavy atom. The first-order chi connectivity index (χ1) is 18.0. The third-order valence-corrected chi connectivity index (χ3v) is 8.40. The van der Waals surface area contributed by atoms with Gasteiger partial charge in [-0.15, -0.1) is 0 Å². The van der Waals surface area contributed by atoms with Crippen molar-refractivity contribution >= 4 is 71.3 Å². The Bertz CT molecular complexity index is 1240. The van der Waals surface area contributed by atoms with E-state index in [1.807, 2.05) is 6.07 Å². The molecule has 0 amide bonds. The number of hydrogen-bond acceptors (Lipinski definition) is 13. The summed E-state index contributed by atoms with van der Waals surface area (Å²) in [7, 11) is -5.01. The van der Waals surface area contributed by atoms with Crippen LogP contribution in [0.3, 0.4) is 0 Å². The van der Waals surface area contributed by atoms with Crippen molar-refractivity contribution in [3.63, 3.8) is 0 Å². The average Bonchev–Trinajstić information content (AvgIpc) is 2.89. The zero-order valence-corrected chi connectivity index (χ0v) is 23.8. The average molecular weight is 603 g/mol. The van der Waals surface area contributed by atoms with E-state index in [0.717, 1.165) is 37.7 Å². The van der Waals surface area contributed by atoms with Crippen LogP contribution in [0.15, 0.2) is 71.0 Å². The quantitative estimate of drug-likeness (QED) is 0.0934. The summed E-state index contributed by atoms with van der Waals surface area (Å²) in [6, 6.07) is 17.2. The fourth-order valence-corrected chi connectivity index (χ4v) is 6.08. The summed E-state index contributed by atoms with van der Waals surface area (Å²) in [4.78, 5) is 24.1. The topological polar surface area (TPSA) is 147 Å². The van der Waals surface area contributed by atoms with Gasteiger partial charge in [0, 0.05) is 11.5 Å². The maximum absolute atomic E-state index is 12.6. The molecule has 0 aromatic heterocycles. The van der Waals surface area contributed by atoms with E-state index >= 15 is 0 Å². The van der Waals surface area contributed by atoms with Gasteiger partial charge in [-0.1, -0.05) is 94.5 Å². The molecule has 206 valence electrons. The van der Waals surface area contributed by atoms with E-state index in [2.05, 4.69) is 29.9 Å². The molecule has 0 heterocycles. The van der Waals surface area contributed by atoms with Gasteiger partial charge >= 0.3 is 22.1 Å². The summed E-state index contributed by atoms with van der Waals surface area (Å²) in [5.74, 6) is 1.68. The maximum Gasteiger partial charge on any atom is 0.366 e. The maximum atomic E-state index is 12.6. The lowest BCUT2D eigenvalue weighted by molar-refractivity contribution is -0.133. The van der Waals surface area contributed by atoms with Gasteiger partial charge in [-0.3, -0.25) is 4.28 Å². The molecule has 1 unspecified atom stereocenters. The fourth-order valence-electron chi connectivity index (χ4n) is 2.55. The lowest BCUT2D eigenvalue weighted by Gasteiger charge is -2.09. The molecule has 0 saturated carbocycles. The van der Waals surface area contributed by atoms with Crippen molar-refractivity contribution in [3.05, 3.63) is 71.8 Å². The smallest absolute Gasteiger partial charge is 0.366 e. The van der Waals surface area contributed by atoms with E-state index in [9.17, 15) is 22.2 Å². The van der Waals surface area contributed by atoms with Crippen LogP contribution < -0.4 is 0 Å². The highest BCUT2D eigenvalue weighted by Gasteiger charge is 2.20. The number of esters is 2. The van der Waals surface area contributed by atoms with Crippen molar-refractivity contribution in [2.45, 2.75) is 11.5 Å². The summed E-state index contributed by atoms with van der Waals surface area (Å²) in [5, 5.41) is 6.55. The standard InChI is InChI=1S/C23H26N2O9S4/c1-31-22(26)20(24-33-37(3,28)16-18-10-6-4-7-11-18)35-14-15-36-21(23(27)32-2)25-34-38(29,30)17-19-12-8-5-9-13-19/h4-13H,3,14-17H2,1-2H3/b24-20-,25-21-. The predicted octanol–water partition coefficient (Wildman–Crippen LogP) is 2.82. The zero-order valence-electron chi connectivity index (χ0n) is 20.5. The fraction of sp³-hybridized carbons (Fsp3) is 0.261. The second-order valence-electron chi connectivity index (χ2n) is 7.18. The van der Waals surface area contributed by atoms with Crippen molar-refractivity contribution in [2.75, 3.05) is 25.7 Å². The van der Waals surface area contributed by atoms with Crippen molar-refractivity contribution in [3.8, 4) is 0 Å². The number of nitrogens with zero attached hydrogens (tertiary/aromatic N) is 2. The van der Waals surface area contributed by atoms with Crippen LogP contribution in [0, 0.1) is 0 Å². The molecular formula is C23H26N2O9S4. The van der Waals surface area contributed by atoms with Crippen molar-refractivity contribution in [2.24, 2.45) is 10.3 Å². The second-order valence-corrected chi connectivity index (χ2v) is 12.8. The van der Waals surface area contributed by atoms with Gasteiger partial charge in [0.05, 0.1) is 20.0 Å². The third kappa shape index (κ3) is 11.6. The first kappa shape index (κ1) is 31.2. The minimum absolute atomic E-state index is 0.0154. The Kier molecular flexibility index (Phi) is 12.7. The predicted molar refractivity (Wildman–Crippen MR) is 150 cm³/mol. The second kappa shape index (κ2) is 15.4. The number of rotatable bonds is 11. The van der Waals surface area contributed by atoms with Crippen LogP contribution in [0.1, 0.15) is 11.1 Å². The van der Waals surface area contributed by atoms with Crippen molar-refractivity contribution in [1.82, 2.24) is 0 Å². The summed E-state index contributed by atoms with van der Waals surface area (Å²) < 4.78 is 56.1. The summed E-state index contributed by atoms with van der Waals surface area (Å²) in [5.41, 5.74) is 1.20. The number of carbonyl (C=O) groups is 2. The molecule has 0 spiro atoms.